The van der Waals surface area contributed by atoms with Crippen molar-refractivity contribution in [1.29, 1.82) is 0 Å². The SMILES string of the molecule is CCOC(=O)C(F)(F)Oc1ccc(C=O)cc1C. The minimum atomic E-state index is -4.05. The highest BCUT2D eigenvalue weighted by Crippen LogP contribution is 2.26. The van der Waals surface area contributed by atoms with Crippen LogP contribution in [-0.4, -0.2) is 25.0 Å². The second-order valence-electron chi connectivity index (χ2n) is 3.48. The number of esters is 1. The number of hydrogen-bond donors (Lipinski definition) is 0. The molecular weight excluding hydrogens is 246 g/mol. The summed E-state index contributed by atoms with van der Waals surface area (Å²) in [6, 6.07) is 3.90. The van der Waals surface area contributed by atoms with Gasteiger partial charge in [-0.05, 0) is 37.6 Å². The van der Waals surface area contributed by atoms with Crippen molar-refractivity contribution in [2.45, 2.75) is 20.0 Å². The standard InChI is InChI=1S/C12H12F2O4/c1-3-17-11(16)12(13,14)18-10-5-4-9(7-15)6-8(10)2/h4-7H,3H2,1-2H3. The molecule has 98 valence electrons. The maximum Gasteiger partial charge on any atom is 0.502 e. The van der Waals surface area contributed by atoms with Gasteiger partial charge >= 0.3 is 12.1 Å². The van der Waals surface area contributed by atoms with Crippen molar-refractivity contribution in [3.63, 3.8) is 0 Å². The third-order valence-electron chi connectivity index (χ3n) is 2.09. The van der Waals surface area contributed by atoms with E-state index in [1.165, 1.54) is 32.0 Å². The summed E-state index contributed by atoms with van der Waals surface area (Å²) < 4.78 is 35.1. The number of halogens is 2. The van der Waals surface area contributed by atoms with E-state index in [9.17, 15) is 18.4 Å². The predicted molar refractivity (Wildman–Crippen MR) is 58.8 cm³/mol. The first-order chi connectivity index (χ1) is 8.40. The Labute approximate surface area is 103 Å². The fourth-order valence-corrected chi connectivity index (χ4v) is 1.26. The summed E-state index contributed by atoms with van der Waals surface area (Å²) in [5.41, 5.74) is 0.655. The molecule has 0 saturated carbocycles. The van der Waals surface area contributed by atoms with Crippen LogP contribution in [-0.2, 0) is 9.53 Å². The zero-order valence-corrected chi connectivity index (χ0v) is 9.91. The highest BCUT2D eigenvalue weighted by atomic mass is 19.3. The Bertz CT molecular complexity index is 457. The minimum Gasteiger partial charge on any atom is -0.459 e. The molecule has 0 amide bonds. The highest BCUT2D eigenvalue weighted by molar-refractivity contribution is 5.77. The summed E-state index contributed by atoms with van der Waals surface area (Å²) in [4.78, 5) is 21.4. The van der Waals surface area contributed by atoms with E-state index < -0.39 is 12.1 Å². The average molecular weight is 258 g/mol. The molecule has 0 saturated heterocycles. The molecule has 0 bridgehead atoms. The van der Waals surface area contributed by atoms with E-state index in [2.05, 4.69) is 9.47 Å². The molecule has 0 N–H and O–H groups in total. The zero-order valence-electron chi connectivity index (χ0n) is 9.91. The summed E-state index contributed by atoms with van der Waals surface area (Å²) in [6.07, 6.45) is -3.47. The Morgan fingerprint density at radius 1 is 1.44 bits per heavy atom. The van der Waals surface area contributed by atoms with Crippen molar-refractivity contribution < 1.29 is 27.8 Å². The predicted octanol–water partition coefficient (Wildman–Crippen LogP) is 2.34. The van der Waals surface area contributed by atoms with E-state index in [1.54, 1.807) is 0 Å². The molecule has 0 unspecified atom stereocenters. The number of aldehydes is 1. The van der Waals surface area contributed by atoms with E-state index in [0.717, 1.165) is 0 Å². The molecule has 0 aromatic heterocycles. The van der Waals surface area contributed by atoms with Gasteiger partial charge in [0, 0.05) is 5.56 Å². The molecule has 0 aliphatic rings. The lowest BCUT2D eigenvalue weighted by atomic mass is 10.1. The van der Waals surface area contributed by atoms with Gasteiger partial charge in [-0.3, -0.25) is 4.79 Å². The van der Waals surface area contributed by atoms with Gasteiger partial charge in [-0.25, -0.2) is 4.79 Å². The van der Waals surface area contributed by atoms with Gasteiger partial charge in [-0.15, -0.1) is 0 Å². The summed E-state index contributed by atoms with van der Waals surface area (Å²) in [7, 11) is 0. The summed E-state index contributed by atoms with van der Waals surface area (Å²) in [5, 5.41) is 0. The van der Waals surface area contributed by atoms with E-state index >= 15 is 0 Å². The maximum absolute atomic E-state index is 13.3. The molecule has 4 nitrogen and oxygen atoms in total. The van der Waals surface area contributed by atoms with E-state index in [1.807, 2.05) is 0 Å². The Morgan fingerprint density at radius 3 is 2.61 bits per heavy atom. The Hall–Kier alpha value is -1.98. The van der Waals surface area contributed by atoms with Gasteiger partial charge in [0.25, 0.3) is 0 Å². The van der Waals surface area contributed by atoms with Gasteiger partial charge in [0.1, 0.15) is 12.0 Å². The first kappa shape index (κ1) is 14.1. The van der Waals surface area contributed by atoms with Crippen LogP contribution in [0.25, 0.3) is 0 Å². The van der Waals surface area contributed by atoms with Gasteiger partial charge in [0.05, 0.1) is 6.61 Å². The summed E-state index contributed by atoms with van der Waals surface area (Å²) in [6.45, 7) is 2.74. The molecule has 0 atom stereocenters. The third-order valence-corrected chi connectivity index (χ3v) is 2.09. The highest BCUT2D eigenvalue weighted by Gasteiger charge is 2.44. The first-order valence-corrected chi connectivity index (χ1v) is 5.20. The molecule has 0 radical (unpaired) electrons. The monoisotopic (exact) mass is 258 g/mol. The van der Waals surface area contributed by atoms with Gasteiger partial charge < -0.3 is 9.47 Å². The number of aryl methyl sites for hydroxylation is 1. The van der Waals surface area contributed by atoms with Crippen molar-refractivity contribution in [2.75, 3.05) is 6.61 Å². The largest absolute Gasteiger partial charge is 0.502 e. The second-order valence-corrected chi connectivity index (χ2v) is 3.48. The zero-order chi connectivity index (χ0) is 13.8. The molecule has 0 aliphatic carbocycles. The smallest absolute Gasteiger partial charge is 0.459 e. The second kappa shape index (κ2) is 5.57. The molecule has 6 heteroatoms. The van der Waals surface area contributed by atoms with Crippen LogP contribution < -0.4 is 4.74 Å². The fraction of sp³-hybridized carbons (Fsp3) is 0.333. The average Bonchev–Trinajstić information content (AvgIpc) is 2.32. The Morgan fingerprint density at radius 2 is 2.11 bits per heavy atom. The molecular formula is C12H12F2O4. The Kier molecular flexibility index (Phi) is 4.36. The van der Waals surface area contributed by atoms with Gasteiger partial charge in [-0.1, -0.05) is 0 Å². The number of rotatable bonds is 5. The van der Waals surface area contributed by atoms with Gasteiger partial charge in [0.15, 0.2) is 0 Å². The first-order valence-electron chi connectivity index (χ1n) is 5.20. The molecule has 0 aliphatic heterocycles. The number of benzene rings is 1. The van der Waals surface area contributed by atoms with E-state index in [4.69, 9.17) is 0 Å². The van der Waals surface area contributed by atoms with Crippen molar-refractivity contribution >= 4 is 12.3 Å². The number of ether oxygens (including phenoxy) is 2. The lowest BCUT2D eigenvalue weighted by Gasteiger charge is -2.17. The van der Waals surface area contributed by atoms with Crippen LogP contribution in [0.3, 0.4) is 0 Å². The molecule has 0 heterocycles. The van der Waals surface area contributed by atoms with Crippen molar-refractivity contribution in [3.05, 3.63) is 29.3 Å². The summed E-state index contributed by atoms with van der Waals surface area (Å²) in [5.74, 6) is -1.93. The van der Waals surface area contributed by atoms with Crippen molar-refractivity contribution in [2.24, 2.45) is 0 Å². The maximum atomic E-state index is 13.3. The van der Waals surface area contributed by atoms with Crippen LogP contribution in [0.1, 0.15) is 22.8 Å². The molecule has 0 fully saturated rings. The molecule has 1 aromatic carbocycles. The topological polar surface area (TPSA) is 52.6 Å². The van der Waals surface area contributed by atoms with Gasteiger partial charge in [-0.2, -0.15) is 8.78 Å². The van der Waals surface area contributed by atoms with Crippen LogP contribution in [0.5, 0.6) is 5.75 Å². The van der Waals surface area contributed by atoms with Crippen molar-refractivity contribution in [1.82, 2.24) is 0 Å². The molecule has 0 spiro atoms. The molecule has 1 rings (SSSR count). The lowest BCUT2D eigenvalue weighted by Crippen LogP contribution is -2.37. The Balaban J connectivity index is 2.90. The number of hydrogen-bond acceptors (Lipinski definition) is 4. The molecule has 1 aromatic rings. The van der Waals surface area contributed by atoms with Crippen LogP contribution in [0.15, 0.2) is 18.2 Å². The minimum absolute atomic E-state index is 0.166. The lowest BCUT2D eigenvalue weighted by molar-refractivity contribution is -0.216. The normalized spacial score (nSPS) is 10.9. The summed E-state index contributed by atoms with van der Waals surface area (Å²) >= 11 is 0. The van der Waals surface area contributed by atoms with Gasteiger partial charge in [0.2, 0.25) is 0 Å². The van der Waals surface area contributed by atoms with Crippen LogP contribution in [0.4, 0.5) is 8.78 Å². The number of alkyl halides is 2. The van der Waals surface area contributed by atoms with Crippen molar-refractivity contribution in [3.8, 4) is 5.75 Å². The molecule has 18 heavy (non-hydrogen) atoms. The van der Waals surface area contributed by atoms with Crippen LogP contribution >= 0.6 is 0 Å². The number of carbonyl (C=O) groups is 2. The fourth-order valence-electron chi connectivity index (χ4n) is 1.26. The van der Waals surface area contributed by atoms with E-state index in [-0.39, 0.29) is 12.4 Å². The number of carbonyl (C=O) groups excluding carboxylic acids is 2. The third kappa shape index (κ3) is 3.26. The van der Waals surface area contributed by atoms with Crippen LogP contribution in [0.2, 0.25) is 0 Å². The van der Waals surface area contributed by atoms with Crippen LogP contribution in [0, 0.1) is 6.92 Å². The quantitative estimate of drug-likeness (QED) is 0.601. The van der Waals surface area contributed by atoms with E-state index in [0.29, 0.717) is 17.4 Å².